The number of hydrogen-bond acceptors (Lipinski definition) is 2. The molecule has 2 N–H and O–H groups in total. The second-order valence-electron chi connectivity index (χ2n) is 7.00. The quantitative estimate of drug-likeness (QED) is 0.813. The number of phenolic OH excluding ortho intramolecular Hbond substituents is 1. The van der Waals surface area contributed by atoms with Crippen molar-refractivity contribution < 1.29 is 5.11 Å². The van der Waals surface area contributed by atoms with Crippen LogP contribution in [0.5, 0.6) is 5.75 Å². The Kier molecular flexibility index (Phi) is 5.86. The molecule has 0 amide bonds. The highest BCUT2D eigenvalue weighted by Gasteiger charge is 2.16. The van der Waals surface area contributed by atoms with Gasteiger partial charge in [0.1, 0.15) is 5.75 Å². The van der Waals surface area contributed by atoms with Crippen LogP contribution in [0, 0.1) is 11.8 Å². The lowest BCUT2D eigenvalue weighted by Crippen LogP contribution is -2.39. The Labute approximate surface area is 118 Å². The molecule has 1 aromatic carbocycles. The molecule has 0 aromatic heterocycles. The van der Waals surface area contributed by atoms with E-state index in [0.717, 1.165) is 13.0 Å². The molecule has 1 unspecified atom stereocenters. The number of rotatable bonds is 6. The predicted molar refractivity (Wildman–Crippen MR) is 82.5 cm³/mol. The Morgan fingerprint density at radius 2 is 1.89 bits per heavy atom. The van der Waals surface area contributed by atoms with Crippen LogP contribution >= 0.6 is 0 Å². The van der Waals surface area contributed by atoms with Gasteiger partial charge in [-0.25, -0.2) is 0 Å². The molecular formula is C17H29NO. The molecule has 19 heavy (non-hydrogen) atoms. The molecule has 0 radical (unpaired) electrons. The fraction of sp³-hybridized carbons (Fsp3) is 0.647. The molecule has 1 rings (SSSR count). The molecule has 0 saturated heterocycles. The van der Waals surface area contributed by atoms with Crippen molar-refractivity contribution in [1.82, 2.24) is 5.32 Å². The molecule has 0 saturated carbocycles. The maximum absolute atomic E-state index is 9.55. The van der Waals surface area contributed by atoms with Gasteiger partial charge in [-0.05, 0) is 69.7 Å². The Bertz CT molecular complexity index is 379. The van der Waals surface area contributed by atoms with Gasteiger partial charge in [0.2, 0.25) is 0 Å². The second-order valence-corrected chi connectivity index (χ2v) is 7.00. The minimum absolute atomic E-state index is 0.161. The number of aromatic hydroxyl groups is 1. The standard InChI is InChI=1S/C17H29NO/c1-13(2)9-15(12-18-17(3,4)5)10-14-7-6-8-16(19)11-14/h6-8,11,13,15,18-19H,9-10,12H2,1-5H3. The van der Waals surface area contributed by atoms with Gasteiger partial charge >= 0.3 is 0 Å². The van der Waals surface area contributed by atoms with Crippen LogP contribution in [-0.2, 0) is 6.42 Å². The molecule has 0 spiro atoms. The number of benzene rings is 1. The Morgan fingerprint density at radius 3 is 2.42 bits per heavy atom. The fourth-order valence-electron chi connectivity index (χ4n) is 2.37. The lowest BCUT2D eigenvalue weighted by molar-refractivity contribution is 0.331. The van der Waals surface area contributed by atoms with Crippen molar-refractivity contribution in [2.75, 3.05) is 6.54 Å². The predicted octanol–water partition coefficient (Wildman–Crippen LogP) is 3.99. The third-order valence-electron chi connectivity index (χ3n) is 3.16. The zero-order valence-electron chi connectivity index (χ0n) is 13.0. The third kappa shape index (κ3) is 7.22. The highest BCUT2D eigenvalue weighted by atomic mass is 16.3. The fourth-order valence-corrected chi connectivity index (χ4v) is 2.37. The first-order chi connectivity index (χ1) is 8.76. The summed E-state index contributed by atoms with van der Waals surface area (Å²) in [6.07, 6.45) is 2.23. The van der Waals surface area contributed by atoms with Gasteiger partial charge in [-0.3, -0.25) is 0 Å². The van der Waals surface area contributed by atoms with Crippen LogP contribution in [0.1, 0.15) is 46.6 Å². The van der Waals surface area contributed by atoms with Crippen molar-refractivity contribution in [2.45, 2.75) is 53.0 Å². The largest absolute Gasteiger partial charge is 0.508 e. The van der Waals surface area contributed by atoms with E-state index in [4.69, 9.17) is 0 Å². The Hall–Kier alpha value is -1.02. The van der Waals surface area contributed by atoms with Gasteiger partial charge in [-0.15, -0.1) is 0 Å². The van der Waals surface area contributed by atoms with Crippen molar-refractivity contribution in [1.29, 1.82) is 0 Å². The van der Waals surface area contributed by atoms with E-state index in [1.165, 1.54) is 12.0 Å². The van der Waals surface area contributed by atoms with Gasteiger partial charge in [0.15, 0.2) is 0 Å². The van der Waals surface area contributed by atoms with Crippen LogP contribution in [0.3, 0.4) is 0 Å². The zero-order chi connectivity index (χ0) is 14.5. The van der Waals surface area contributed by atoms with Gasteiger partial charge in [0.05, 0.1) is 0 Å². The van der Waals surface area contributed by atoms with Crippen molar-refractivity contribution in [3.8, 4) is 5.75 Å². The van der Waals surface area contributed by atoms with Gasteiger partial charge in [0, 0.05) is 5.54 Å². The summed E-state index contributed by atoms with van der Waals surface area (Å²) in [6, 6.07) is 7.64. The summed E-state index contributed by atoms with van der Waals surface area (Å²) in [6.45, 7) is 12.2. The topological polar surface area (TPSA) is 32.3 Å². The van der Waals surface area contributed by atoms with Crippen LogP contribution in [0.25, 0.3) is 0 Å². The summed E-state index contributed by atoms with van der Waals surface area (Å²) in [4.78, 5) is 0. The summed E-state index contributed by atoms with van der Waals surface area (Å²) >= 11 is 0. The van der Waals surface area contributed by atoms with E-state index in [1.54, 1.807) is 6.07 Å². The van der Waals surface area contributed by atoms with Gasteiger partial charge in [-0.1, -0.05) is 26.0 Å². The maximum Gasteiger partial charge on any atom is 0.115 e. The third-order valence-corrected chi connectivity index (χ3v) is 3.16. The molecule has 0 fully saturated rings. The van der Waals surface area contributed by atoms with Gasteiger partial charge < -0.3 is 10.4 Å². The van der Waals surface area contributed by atoms with E-state index in [9.17, 15) is 5.11 Å². The molecule has 2 heteroatoms. The molecule has 0 aliphatic carbocycles. The highest BCUT2D eigenvalue weighted by molar-refractivity contribution is 5.27. The zero-order valence-corrected chi connectivity index (χ0v) is 13.0. The van der Waals surface area contributed by atoms with Crippen LogP contribution in [0.2, 0.25) is 0 Å². The number of nitrogens with one attached hydrogen (secondary N) is 1. The first-order valence-electron chi connectivity index (χ1n) is 7.29. The highest BCUT2D eigenvalue weighted by Crippen LogP contribution is 2.20. The van der Waals surface area contributed by atoms with E-state index >= 15 is 0 Å². The molecule has 0 aliphatic heterocycles. The van der Waals surface area contributed by atoms with Crippen molar-refractivity contribution >= 4 is 0 Å². The van der Waals surface area contributed by atoms with Crippen LogP contribution in [0.4, 0.5) is 0 Å². The van der Waals surface area contributed by atoms with Crippen molar-refractivity contribution in [3.63, 3.8) is 0 Å². The average molecular weight is 263 g/mol. The molecule has 108 valence electrons. The van der Waals surface area contributed by atoms with Gasteiger partial charge in [0.25, 0.3) is 0 Å². The minimum Gasteiger partial charge on any atom is -0.508 e. The van der Waals surface area contributed by atoms with Crippen molar-refractivity contribution in [2.24, 2.45) is 11.8 Å². The Balaban J connectivity index is 2.63. The van der Waals surface area contributed by atoms with Crippen LogP contribution < -0.4 is 5.32 Å². The SMILES string of the molecule is CC(C)CC(CNC(C)(C)C)Cc1cccc(O)c1. The van der Waals surface area contributed by atoms with E-state index in [1.807, 2.05) is 12.1 Å². The summed E-state index contributed by atoms with van der Waals surface area (Å²) < 4.78 is 0. The molecule has 0 heterocycles. The molecule has 0 aliphatic rings. The van der Waals surface area contributed by atoms with Gasteiger partial charge in [-0.2, -0.15) is 0 Å². The van der Waals surface area contributed by atoms with Crippen LogP contribution in [0.15, 0.2) is 24.3 Å². The lowest BCUT2D eigenvalue weighted by atomic mass is 9.90. The Morgan fingerprint density at radius 1 is 1.21 bits per heavy atom. The van der Waals surface area contributed by atoms with E-state index < -0.39 is 0 Å². The first kappa shape index (κ1) is 16.0. The summed E-state index contributed by atoms with van der Waals surface area (Å²) in [5, 5.41) is 13.2. The minimum atomic E-state index is 0.161. The lowest BCUT2D eigenvalue weighted by Gasteiger charge is -2.26. The first-order valence-corrected chi connectivity index (χ1v) is 7.29. The average Bonchev–Trinajstić information content (AvgIpc) is 2.24. The van der Waals surface area contributed by atoms with E-state index in [2.05, 4.69) is 46.0 Å². The smallest absolute Gasteiger partial charge is 0.115 e. The normalized spacial score (nSPS) is 13.8. The maximum atomic E-state index is 9.55. The summed E-state index contributed by atoms with van der Waals surface area (Å²) in [5.41, 5.74) is 1.38. The molecular weight excluding hydrogens is 234 g/mol. The monoisotopic (exact) mass is 263 g/mol. The summed E-state index contributed by atoms with van der Waals surface area (Å²) in [7, 11) is 0. The molecule has 1 aromatic rings. The molecule has 0 bridgehead atoms. The molecule has 2 nitrogen and oxygen atoms in total. The van der Waals surface area contributed by atoms with E-state index in [-0.39, 0.29) is 5.54 Å². The number of phenols is 1. The van der Waals surface area contributed by atoms with Crippen LogP contribution in [-0.4, -0.2) is 17.2 Å². The number of hydrogen-bond donors (Lipinski definition) is 2. The van der Waals surface area contributed by atoms with E-state index in [0.29, 0.717) is 17.6 Å². The molecule has 1 atom stereocenters. The second kappa shape index (κ2) is 6.95. The summed E-state index contributed by atoms with van der Waals surface area (Å²) in [5.74, 6) is 1.68. The van der Waals surface area contributed by atoms with Crippen molar-refractivity contribution in [3.05, 3.63) is 29.8 Å².